The van der Waals surface area contributed by atoms with Crippen LogP contribution in [0.4, 0.5) is 18.9 Å². The number of halogens is 3. The van der Waals surface area contributed by atoms with Crippen molar-refractivity contribution >= 4 is 5.69 Å². The molecule has 1 aromatic carbocycles. The zero-order chi connectivity index (χ0) is 13.3. The first-order valence-electron chi connectivity index (χ1n) is 6.03. The van der Waals surface area contributed by atoms with Crippen LogP contribution >= 0.6 is 0 Å². The second-order valence-electron chi connectivity index (χ2n) is 4.87. The molecule has 2 N–H and O–H groups in total. The van der Waals surface area contributed by atoms with Gasteiger partial charge in [-0.05, 0) is 42.5 Å². The topological polar surface area (TPSA) is 29.3 Å². The molecule has 1 saturated carbocycles. The van der Waals surface area contributed by atoms with E-state index in [2.05, 4.69) is 0 Å². The first-order valence-corrected chi connectivity index (χ1v) is 6.03. The zero-order valence-corrected chi connectivity index (χ0v) is 10.3. The Morgan fingerprint density at radius 3 is 2.50 bits per heavy atom. The van der Waals surface area contributed by atoms with Crippen molar-refractivity contribution in [1.82, 2.24) is 0 Å². The molecule has 0 atom stereocenters. The average molecular weight is 258 g/mol. The predicted octanol–water partition coefficient (Wildman–Crippen LogP) is 3.01. The first-order chi connectivity index (χ1) is 8.41. The Morgan fingerprint density at radius 2 is 2.00 bits per heavy atom. The van der Waals surface area contributed by atoms with Gasteiger partial charge in [0.2, 0.25) is 0 Å². The highest BCUT2D eigenvalue weighted by Crippen LogP contribution is 2.35. The Hall–Kier alpha value is -1.23. The summed E-state index contributed by atoms with van der Waals surface area (Å²) in [7, 11) is 1.90. The standard InChI is InChI=1S/C13H17F3N2/c1-18(8-9-2-3-9)12-5-4-11(13(14,15)16)6-10(12)7-17/h4-6,9H,2-3,7-8,17H2,1H3. The van der Waals surface area contributed by atoms with Gasteiger partial charge >= 0.3 is 6.18 Å². The molecule has 0 saturated heterocycles. The fourth-order valence-corrected chi connectivity index (χ4v) is 2.08. The highest BCUT2D eigenvalue weighted by Gasteiger charge is 2.31. The van der Waals surface area contributed by atoms with Crippen LogP contribution in [0, 0.1) is 5.92 Å². The summed E-state index contributed by atoms with van der Waals surface area (Å²) >= 11 is 0. The van der Waals surface area contributed by atoms with Gasteiger partial charge < -0.3 is 10.6 Å². The molecule has 1 aromatic rings. The van der Waals surface area contributed by atoms with E-state index in [0.717, 1.165) is 24.4 Å². The van der Waals surface area contributed by atoms with E-state index in [0.29, 0.717) is 11.5 Å². The number of alkyl halides is 3. The van der Waals surface area contributed by atoms with Crippen LogP contribution in [0.2, 0.25) is 0 Å². The van der Waals surface area contributed by atoms with Crippen LogP contribution in [0.15, 0.2) is 18.2 Å². The molecule has 2 rings (SSSR count). The van der Waals surface area contributed by atoms with E-state index in [1.54, 1.807) is 0 Å². The van der Waals surface area contributed by atoms with Crippen molar-refractivity contribution in [3.8, 4) is 0 Å². The largest absolute Gasteiger partial charge is 0.416 e. The van der Waals surface area contributed by atoms with Gasteiger partial charge in [0.15, 0.2) is 0 Å². The van der Waals surface area contributed by atoms with E-state index in [1.165, 1.54) is 18.9 Å². The number of nitrogens with zero attached hydrogens (tertiary/aromatic N) is 1. The van der Waals surface area contributed by atoms with Crippen LogP contribution in [0.3, 0.4) is 0 Å². The van der Waals surface area contributed by atoms with Crippen LogP contribution in [-0.2, 0) is 12.7 Å². The Kier molecular flexibility index (Phi) is 3.52. The van der Waals surface area contributed by atoms with Crippen molar-refractivity contribution in [2.45, 2.75) is 25.6 Å². The lowest BCUT2D eigenvalue weighted by Crippen LogP contribution is -2.22. The van der Waals surface area contributed by atoms with Crippen LogP contribution < -0.4 is 10.6 Å². The maximum atomic E-state index is 12.6. The molecule has 1 aliphatic rings. The quantitative estimate of drug-likeness (QED) is 0.899. The minimum atomic E-state index is -4.31. The lowest BCUT2D eigenvalue weighted by atomic mass is 10.1. The molecule has 100 valence electrons. The van der Waals surface area contributed by atoms with E-state index in [-0.39, 0.29) is 6.54 Å². The van der Waals surface area contributed by atoms with Crippen molar-refractivity contribution in [3.05, 3.63) is 29.3 Å². The lowest BCUT2D eigenvalue weighted by molar-refractivity contribution is -0.137. The summed E-state index contributed by atoms with van der Waals surface area (Å²) in [5.74, 6) is 0.683. The maximum Gasteiger partial charge on any atom is 0.416 e. The third-order valence-corrected chi connectivity index (χ3v) is 3.27. The summed E-state index contributed by atoms with van der Waals surface area (Å²) in [6.45, 7) is 1.01. The SMILES string of the molecule is CN(CC1CC1)c1ccc(C(F)(F)F)cc1CN. The number of hydrogen-bond donors (Lipinski definition) is 1. The Labute approximate surface area is 105 Å². The van der Waals surface area contributed by atoms with Gasteiger partial charge in [-0.1, -0.05) is 0 Å². The monoisotopic (exact) mass is 258 g/mol. The molecule has 1 fully saturated rings. The first kappa shape index (κ1) is 13.2. The van der Waals surface area contributed by atoms with Gasteiger partial charge in [0.05, 0.1) is 5.56 Å². The van der Waals surface area contributed by atoms with Gasteiger partial charge in [-0.25, -0.2) is 0 Å². The second kappa shape index (κ2) is 4.80. The molecule has 0 bridgehead atoms. The van der Waals surface area contributed by atoms with Crippen LogP contribution in [0.5, 0.6) is 0 Å². The number of rotatable bonds is 4. The number of benzene rings is 1. The Bertz CT molecular complexity index is 425. The van der Waals surface area contributed by atoms with Crippen LogP contribution in [0.1, 0.15) is 24.0 Å². The molecule has 1 aliphatic carbocycles. The van der Waals surface area contributed by atoms with Gasteiger partial charge in [0.25, 0.3) is 0 Å². The molecule has 0 spiro atoms. The molecule has 5 heteroatoms. The Morgan fingerprint density at radius 1 is 1.33 bits per heavy atom. The Balaban J connectivity index is 2.24. The van der Waals surface area contributed by atoms with E-state index >= 15 is 0 Å². The molecule has 0 aliphatic heterocycles. The fourth-order valence-electron chi connectivity index (χ4n) is 2.08. The third kappa shape index (κ3) is 2.96. The molecule has 2 nitrogen and oxygen atoms in total. The van der Waals surface area contributed by atoms with Crippen molar-refractivity contribution in [2.24, 2.45) is 11.7 Å². The molecule has 0 amide bonds. The highest BCUT2D eigenvalue weighted by atomic mass is 19.4. The zero-order valence-electron chi connectivity index (χ0n) is 10.3. The van der Waals surface area contributed by atoms with E-state index in [4.69, 9.17) is 5.73 Å². The summed E-state index contributed by atoms with van der Waals surface area (Å²) in [4.78, 5) is 2.00. The minimum absolute atomic E-state index is 0.119. The molecular weight excluding hydrogens is 241 g/mol. The van der Waals surface area contributed by atoms with Gasteiger partial charge in [0, 0.05) is 25.8 Å². The van der Waals surface area contributed by atoms with Crippen molar-refractivity contribution < 1.29 is 13.2 Å². The van der Waals surface area contributed by atoms with Crippen LogP contribution in [0.25, 0.3) is 0 Å². The summed E-state index contributed by atoms with van der Waals surface area (Å²) in [5, 5.41) is 0. The molecule has 0 radical (unpaired) electrons. The summed E-state index contributed by atoms with van der Waals surface area (Å²) in [5.41, 5.74) is 6.27. The van der Waals surface area contributed by atoms with Gasteiger partial charge in [0.1, 0.15) is 0 Å². The number of nitrogens with two attached hydrogens (primary N) is 1. The molecule has 0 unspecified atom stereocenters. The summed E-state index contributed by atoms with van der Waals surface area (Å²) in [6.07, 6.45) is -1.89. The molecule has 0 aromatic heterocycles. The normalized spacial score (nSPS) is 15.8. The van der Waals surface area contributed by atoms with E-state index < -0.39 is 11.7 Å². The predicted molar refractivity (Wildman–Crippen MR) is 65.3 cm³/mol. The minimum Gasteiger partial charge on any atom is -0.374 e. The second-order valence-corrected chi connectivity index (χ2v) is 4.87. The summed E-state index contributed by atoms with van der Waals surface area (Å²) < 4.78 is 37.8. The number of anilines is 1. The van der Waals surface area contributed by atoms with Crippen molar-refractivity contribution in [2.75, 3.05) is 18.5 Å². The van der Waals surface area contributed by atoms with Gasteiger partial charge in [-0.2, -0.15) is 13.2 Å². The van der Waals surface area contributed by atoms with E-state index in [9.17, 15) is 13.2 Å². The van der Waals surface area contributed by atoms with Crippen LogP contribution in [-0.4, -0.2) is 13.6 Å². The number of hydrogen-bond acceptors (Lipinski definition) is 2. The molecule has 0 heterocycles. The molecule has 18 heavy (non-hydrogen) atoms. The smallest absolute Gasteiger partial charge is 0.374 e. The molecular formula is C13H17F3N2. The summed E-state index contributed by atoms with van der Waals surface area (Å²) in [6, 6.07) is 3.80. The van der Waals surface area contributed by atoms with Crippen molar-refractivity contribution in [1.29, 1.82) is 0 Å². The maximum absolute atomic E-state index is 12.6. The average Bonchev–Trinajstić information content (AvgIpc) is 3.10. The highest BCUT2D eigenvalue weighted by molar-refractivity contribution is 5.55. The third-order valence-electron chi connectivity index (χ3n) is 3.27. The lowest BCUT2D eigenvalue weighted by Gasteiger charge is -2.23. The van der Waals surface area contributed by atoms with Crippen molar-refractivity contribution in [3.63, 3.8) is 0 Å². The van der Waals surface area contributed by atoms with Gasteiger partial charge in [-0.3, -0.25) is 0 Å². The van der Waals surface area contributed by atoms with Gasteiger partial charge in [-0.15, -0.1) is 0 Å². The van der Waals surface area contributed by atoms with E-state index in [1.807, 2.05) is 11.9 Å². The fraction of sp³-hybridized carbons (Fsp3) is 0.538.